The van der Waals surface area contributed by atoms with Crippen LogP contribution in [0.1, 0.15) is 19.8 Å². The number of amides is 1. The number of carbonyl (C=O) groups is 1. The number of halogens is 1. The number of nitrogens with zero attached hydrogens (tertiary/aromatic N) is 3. The van der Waals surface area contributed by atoms with Gasteiger partial charge in [-0.25, -0.2) is 9.88 Å². The maximum atomic E-state index is 12.3. The molecule has 108 valence electrons. The highest BCUT2D eigenvalue weighted by Crippen LogP contribution is 2.43. The number of anilines is 2. The molecule has 1 atom stereocenters. The quantitative estimate of drug-likeness (QED) is 0.522. The summed E-state index contributed by atoms with van der Waals surface area (Å²) >= 11 is 3.26. The van der Waals surface area contributed by atoms with Crippen LogP contribution in [0.15, 0.2) is 16.7 Å². The summed E-state index contributed by atoms with van der Waals surface area (Å²) < 4.78 is 0.572. The predicted molar refractivity (Wildman–Crippen MR) is 73.8 cm³/mol. The van der Waals surface area contributed by atoms with Crippen LogP contribution in [0.3, 0.4) is 0 Å². The summed E-state index contributed by atoms with van der Waals surface area (Å²) in [5.74, 6) is -0.128. The fourth-order valence-corrected chi connectivity index (χ4v) is 2.84. The van der Waals surface area contributed by atoms with Crippen molar-refractivity contribution in [3.63, 3.8) is 0 Å². The minimum atomic E-state index is -3.24. The minimum Gasteiger partial charge on any atom is -0.340 e. The summed E-state index contributed by atoms with van der Waals surface area (Å²) in [6.07, 6.45) is -1.31. The molecule has 0 bridgehead atoms. The smallest absolute Gasteiger partial charge is 0.340 e. The van der Waals surface area contributed by atoms with Gasteiger partial charge in [0.25, 0.3) is 5.91 Å². The van der Waals surface area contributed by atoms with E-state index in [-0.39, 0.29) is 11.7 Å². The second-order valence-corrected chi connectivity index (χ2v) is 5.88. The summed E-state index contributed by atoms with van der Waals surface area (Å²) in [7, 11) is 0. The molecule has 3 rings (SSSR count). The zero-order chi connectivity index (χ0) is 14.7. The molecule has 1 saturated carbocycles. The van der Waals surface area contributed by atoms with Crippen molar-refractivity contribution in [3.05, 3.63) is 16.7 Å². The summed E-state index contributed by atoms with van der Waals surface area (Å²) in [6, 6.07) is 2.69. The van der Waals surface area contributed by atoms with Gasteiger partial charge < -0.3 is 20.2 Å². The van der Waals surface area contributed by atoms with Crippen LogP contribution in [0.25, 0.3) is 0 Å². The molecule has 8 heteroatoms. The molecule has 1 aromatic rings. The highest BCUT2D eigenvalue weighted by atomic mass is 79.9. The molecule has 20 heavy (non-hydrogen) atoms. The molecule has 0 radical (unpaired) electrons. The standard InChI is InChI=1S/C12H14BrN3O4/c1-6-11(17)16(12(18,19)20)8-4-5-9(13)14-10(8)15(6)7-2-3-7/h4-7,18-20H,2-3H2,1H3. The number of aromatic nitrogens is 1. The van der Waals surface area contributed by atoms with Crippen LogP contribution >= 0.6 is 15.9 Å². The zero-order valence-corrected chi connectivity index (χ0v) is 12.3. The Labute approximate surface area is 123 Å². The molecule has 3 N–H and O–H groups in total. The van der Waals surface area contributed by atoms with E-state index in [1.54, 1.807) is 13.0 Å². The molecular weight excluding hydrogens is 330 g/mol. The van der Waals surface area contributed by atoms with Gasteiger partial charge in [-0.2, -0.15) is 0 Å². The summed E-state index contributed by atoms with van der Waals surface area (Å²) in [4.78, 5) is 19.1. The first-order valence-electron chi connectivity index (χ1n) is 6.27. The van der Waals surface area contributed by atoms with Crippen LogP contribution in [0.4, 0.5) is 11.5 Å². The van der Waals surface area contributed by atoms with Crippen LogP contribution in [-0.4, -0.2) is 44.4 Å². The lowest BCUT2D eigenvalue weighted by Gasteiger charge is -2.43. The maximum Gasteiger partial charge on any atom is 0.376 e. The van der Waals surface area contributed by atoms with E-state index in [0.29, 0.717) is 15.3 Å². The van der Waals surface area contributed by atoms with E-state index < -0.39 is 18.0 Å². The van der Waals surface area contributed by atoms with Crippen molar-refractivity contribution in [3.8, 4) is 0 Å². The van der Waals surface area contributed by atoms with E-state index in [9.17, 15) is 20.1 Å². The van der Waals surface area contributed by atoms with Crippen molar-refractivity contribution in [1.29, 1.82) is 0 Å². The Hall–Kier alpha value is -1.22. The first-order chi connectivity index (χ1) is 9.30. The molecule has 1 aliphatic heterocycles. The number of pyridine rings is 1. The van der Waals surface area contributed by atoms with Gasteiger partial charge in [-0.15, -0.1) is 0 Å². The normalized spacial score (nSPS) is 23.1. The largest absolute Gasteiger partial charge is 0.376 e. The van der Waals surface area contributed by atoms with Crippen LogP contribution in [0.2, 0.25) is 0 Å². The molecule has 1 fully saturated rings. The summed E-state index contributed by atoms with van der Waals surface area (Å²) in [6.45, 7) is 1.66. The van der Waals surface area contributed by atoms with Crippen molar-refractivity contribution >= 4 is 33.3 Å². The molecule has 0 saturated heterocycles. The minimum absolute atomic E-state index is 0.177. The number of carbonyl (C=O) groups excluding carboxylic acids is 1. The van der Waals surface area contributed by atoms with Crippen LogP contribution in [0.5, 0.6) is 0 Å². The second kappa shape index (κ2) is 4.39. The van der Waals surface area contributed by atoms with Crippen LogP contribution in [-0.2, 0) is 4.79 Å². The molecule has 0 aromatic carbocycles. The predicted octanol–water partition coefficient (Wildman–Crippen LogP) is 0.136. The van der Waals surface area contributed by atoms with Crippen LogP contribution in [0, 0.1) is 0 Å². The number of hydrogen-bond donors (Lipinski definition) is 3. The highest BCUT2D eigenvalue weighted by Gasteiger charge is 2.49. The van der Waals surface area contributed by atoms with Gasteiger partial charge in [0.05, 0.1) is 5.69 Å². The molecule has 1 amide bonds. The highest BCUT2D eigenvalue weighted by molar-refractivity contribution is 9.10. The Morgan fingerprint density at radius 2 is 2.00 bits per heavy atom. The van der Waals surface area contributed by atoms with Gasteiger partial charge in [-0.05, 0) is 47.8 Å². The third-order valence-electron chi connectivity index (χ3n) is 3.54. The van der Waals surface area contributed by atoms with Crippen molar-refractivity contribution < 1.29 is 20.1 Å². The third-order valence-corrected chi connectivity index (χ3v) is 3.98. The van der Waals surface area contributed by atoms with Gasteiger partial charge >= 0.3 is 6.10 Å². The Bertz CT molecular complexity index is 570. The number of hydrogen-bond acceptors (Lipinski definition) is 6. The molecule has 1 aromatic heterocycles. The lowest BCUT2D eigenvalue weighted by molar-refractivity contribution is -0.306. The van der Waals surface area contributed by atoms with Gasteiger partial charge in [-0.3, -0.25) is 4.79 Å². The average Bonchev–Trinajstić information content (AvgIpc) is 3.14. The van der Waals surface area contributed by atoms with Crippen molar-refractivity contribution in [2.24, 2.45) is 0 Å². The van der Waals surface area contributed by atoms with Gasteiger partial charge in [0.2, 0.25) is 0 Å². The molecule has 2 heterocycles. The van der Waals surface area contributed by atoms with Crippen molar-refractivity contribution in [2.45, 2.75) is 37.9 Å². The Balaban J connectivity index is 2.17. The van der Waals surface area contributed by atoms with Crippen molar-refractivity contribution in [2.75, 3.05) is 9.80 Å². The zero-order valence-electron chi connectivity index (χ0n) is 10.7. The molecule has 1 unspecified atom stereocenters. The van der Waals surface area contributed by atoms with Gasteiger partial charge in [-0.1, -0.05) is 0 Å². The third kappa shape index (κ3) is 2.08. The Morgan fingerprint density at radius 1 is 1.35 bits per heavy atom. The summed E-state index contributed by atoms with van der Waals surface area (Å²) in [5, 5.41) is 28.3. The van der Waals surface area contributed by atoms with E-state index in [4.69, 9.17) is 0 Å². The lowest BCUT2D eigenvalue weighted by atomic mass is 10.1. The van der Waals surface area contributed by atoms with E-state index in [0.717, 1.165) is 12.8 Å². The first kappa shape index (κ1) is 13.7. The Kier molecular flexibility index (Phi) is 3.02. The van der Waals surface area contributed by atoms with Crippen molar-refractivity contribution in [1.82, 2.24) is 4.98 Å². The Morgan fingerprint density at radius 3 is 2.55 bits per heavy atom. The van der Waals surface area contributed by atoms with E-state index in [1.165, 1.54) is 6.07 Å². The van der Waals surface area contributed by atoms with Gasteiger partial charge in [0.1, 0.15) is 10.6 Å². The van der Waals surface area contributed by atoms with Gasteiger partial charge in [0.15, 0.2) is 5.82 Å². The molecular formula is C12H14BrN3O4. The molecule has 7 nitrogen and oxygen atoms in total. The average molecular weight is 344 g/mol. The number of fused-ring (bicyclic) bond motifs is 1. The second-order valence-electron chi connectivity index (χ2n) is 5.06. The van der Waals surface area contributed by atoms with E-state index >= 15 is 0 Å². The number of aliphatic hydroxyl groups is 3. The van der Waals surface area contributed by atoms with Crippen LogP contribution < -0.4 is 9.80 Å². The lowest BCUT2D eigenvalue weighted by Crippen LogP contribution is -2.62. The van der Waals surface area contributed by atoms with E-state index in [2.05, 4.69) is 20.9 Å². The first-order valence-corrected chi connectivity index (χ1v) is 7.06. The maximum absolute atomic E-state index is 12.3. The molecule has 2 aliphatic rings. The van der Waals surface area contributed by atoms with Gasteiger partial charge in [0, 0.05) is 6.04 Å². The van der Waals surface area contributed by atoms with E-state index in [1.807, 2.05) is 4.90 Å². The molecule has 0 spiro atoms. The fourth-order valence-electron chi connectivity index (χ4n) is 2.54. The summed E-state index contributed by atoms with van der Waals surface area (Å²) in [5.41, 5.74) is 0.177. The SMILES string of the molecule is CC1C(=O)N(C(O)(O)O)c2ccc(Br)nc2N1C1CC1. The topological polar surface area (TPSA) is 97.1 Å². The fraction of sp³-hybridized carbons (Fsp3) is 0.500. The molecule has 1 aliphatic carbocycles. The monoisotopic (exact) mass is 343 g/mol. The number of rotatable bonds is 2.